The van der Waals surface area contributed by atoms with E-state index in [1.807, 2.05) is 24.3 Å². The van der Waals surface area contributed by atoms with Gasteiger partial charge in [-0.3, -0.25) is 9.71 Å². The molecule has 7 heteroatoms. The van der Waals surface area contributed by atoms with E-state index in [-0.39, 0.29) is 0 Å². The minimum absolute atomic E-state index is 0.440. The maximum atomic E-state index is 11.4. The van der Waals surface area contributed by atoms with Gasteiger partial charge in [0.05, 0.1) is 24.0 Å². The van der Waals surface area contributed by atoms with Crippen LogP contribution in [0.5, 0.6) is 0 Å². The Balaban J connectivity index is 1.63. The monoisotopic (exact) mass is 363 g/mol. The summed E-state index contributed by atoms with van der Waals surface area (Å²) < 4.78 is 25.2. The zero-order valence-electron chi connectivity index (χ0n) is 13.8. The minimum atomic E-state index is -3.25. The lowest BCUT2D eigenvalue weighted by molar-refractivity contribution is 0.305. The Labute approximate surface area is 147 Å². The van der Waals surface area contributed by atoms with Gasteiger partial charge in [0, 0.05) is 10.6 Å². The summed E-state index contributed by atoms with van der Waals surface area (Å²) in [7, 11) is -3.25. The van der Waals surface area contributed by atoms with Gasteiger partial charge in [-0.25, -0.2) is 8.42 Å². The molecule has 5 nitrogen and oxygen atoms in total. The van der Waals surface area contributed by atoms with Crippen LogP contribution in [0.1, 0.15) is 38.2 Å². The fourth-order valence-electron chi connectivity index (χ4n) is 3.83. The highest BCUT2D eigenvalue weighted by molar-refractivity contribution is 8.17. The van der Waals surface area contributed by atoms with E-state index in [1.54, 1.807) is 11.8 Å². The van der Waals surface area contributed by atoms with E-state index in [4.69, 9.17) is 4.99 Å². The summed E-state index contributed by atoms with van der Waals surface area (Å²) in [6, 6.07) is 8.56. The first kappa shape index (κ1) is 16.0. The van der Waals surface area contributed by atoms with Gasteiger partial charge in [0.15, 0.2) is 5.17 Å². The lowest BCUT2D eigenvalue weighted by Crippen LogP contribution is -2.38. The van der Waals surface area contributed by atoms with Crippen molar-refractivity contribution in [1.29, 1.82) is 0 Å². The molecule has 0 unspecified atom stereocenters. The topological polar surface area (TPSA) is 61.8 Å². The van der Waals surface area contributed by atoms with E-state index < -0.39 is 10.0 Å². The van der Waals surface area contributed by atoms with Crippen LogP contribution in [0, 0.1) is 0 Å². The predicted molar refractivity (Wildman–Crippen MR) is 100 cm³/mol. The van der Waals surface area contributed by atoms with Gasteiger partial charge in [0.2, 0.25) is 10.0 Å². The summed E-state index contributed by atoms with van der Waals surface area (Å²) in [6.07, 6.45) is 6.10. The molecule has 1 aromatic rings. The van der Waals surface area contributed by atoms with Crippen molar-refractivity contribution in [3.8, 4) is 0 Å². The smallest absolute Gasteiger partial charge is 0.229 e. The molecule has 3 aliphatic rings. The zero-order valence-corrected chi connectivity index (χ0v) is 15.5. The first-order chi connectivity index (χ1) is 11.4. The Bertz CT molecular complexity index is 828. The second kappa shape index (κ2) is 5.81. The predicted octanol–water partition coefficient (Wildman–Crippen LogP) is 3.48. The van der Waals surface area contributed by atoms with Crippen LogP contribution in [-0.2, 0) is 10.0 Å². The molecule has 1 N–H and O–H groups in total. The van der Waals surface area contributed by atoms with Crippen molar-refractivity contribution in [3.63, 3.8) is 0 Å². The lowest BCUT2D eigenvalue weighted by atomic mass is 9.90. The average Bonchev–Trinajstić information content (AvgIpc) is 3.01. The van der Waals surface area contributed by atoms with Gasteiger partial charge >= 0.3 is 0 Å². The zero-order chi connectivity index (χ0) is 16.9. The molecule has 128 valence electrons. The van der Waals surface area contributed by atoms with Crippen LogP contribution in [0.3, 0.4) is 0 Å². The number of allylic oxidation sites excluding steroid dienone is 1. The molecule has 1 saturated carbocycles. The van der Waals surface area contributed by atoms with Crippen molar-refractivity contribution >= 4 is 38.3 Å². The van der Waals surface area contributed by atoms with Crippen LogP contribution in [0.2, 0.25) is 0 Å². The number of aliphatic imine (C=N–C) groups is 1. The number of fused-ring (bicyclic) bond motifs is 3. The van der Waals surface area contributed by atoms with Crippen LogP contribution in [-0.4, -0.2) is 36.8 Å². The number of anilines is 1. The second-order valence-electron chi connectivity index (χ2n) is 6.66. The third-order valence-electron chi connectivity index (χ3n) is 4.79. The molecule has 24 heavy (non-hydrogen) atoms. The summed E-state index contributed by atoms with van der Waals surface area (Å²) in [6.45, 7) is 2.14. The van der Waals surface area contributed by atoms with Gasteiger partial charge in [-0.05, 0) is 37.5 Å². The van der Waals surface area contributed by atoms with Crippen LogP contribution >= 0.6 is 11.8 Å². The second-order valence-corrected chi connectivity index (χ2v) is 9.59. The number of nitrogens with one attached hydrogen (secondary N) is 1. The Morgan fingerprint density at radius 1 is 1.21 bits per heavy atom. The molecule has 0 saturated heterocycles. The van der Waals surface area contributed by atoms with E-state index in [0.717, 1.165) is 17.0 Å². The Morgan fingerprint density at radius 2 is 1.92 bits per heavy atom. The number of thioether (sulfide) groups is 1. The van der Waals surface area contributed by atoms with E-state index in [1.165, 1.54) is 36.3 Å². The third kappa shape index (κ3) is 2.84. The van der Waals surface area contributed by atoms with E-state index in [9.17, 15) is 8.42 Å². The van der Waals surface area contributed by atoms with Crippen molar-refractivity contribution in [2.24, 2.45) is 4.99 Å². The largest absolute Gasteiger partial charge is 0.314 e. The van der Waals surface area contributed by atoms with Crippen LogP contribution in [0.15, 0.2) is 34.2 Å². The molecule has 1 fully saturated rings. The Kier molecular flexibility index (Phi) is 3.88. The SMILES string of the molecule is CC1=C(c2ccc(NS(C)(=O)=O)cc2)N2C(=N[C@H]3CCCC[C@H]32)S1. The van der Waals surface area contributed by atoms with Crippen molar-refractivity contribution in [3.05, 3.63) is 34.7 Å². The summed E-state index contributed by atoms with van der Waals surface area (Å²) >= 11 is 1.76. The highest BCUT2D eigenvalue weighted by atomic mass is 32.2. The number of amidine groups is 1. The number of hydrogen-bond acceptors (Lipinski definition) is 5. The molecule has 0 radical (unpaired) electrons. The molecule has 2 heterocycles. The lowest BCUT2D eigenvalue weighted by Gasteiger charge is -2.32. The molecule has 2 atom stereocenters. The number of nitrogens with zero attached hydrogens (tertiary/aromatic N) is 2. The Hall–Kier alpha value is -1.47. The van der Waals surface area contributed by atoms with Gasteiger partial charge in [-0.1, -0.05) is 36.7 Å². The Morgan fingerprint density at radius 3 is 2.62 bits per heavy atom. The fraction of sp³-hybridized carbons (Fsp3) is 0.471. The normalized spacial score (nSPS) is 26.2. The van der Waals surface area contributed by atoms with Gasteiger partial charge in [-0.2, -0.15) is 0 Å². The van der Waals surface area contributed by atoms with Gasteiger partial charge < -0.3 is 4.90 Å². The minimum Gasteiger partial charge on any atom is -0.314 e. The summed E-state index contributed by atoms with van der Waals surface area (Å²) in [5, 5.41) is 1.14. The molecule has 0 aromatic heterocycles. The van der Waals surface area contributed by atoms with Crippen LogP contribution in [0.4, 0.5) is 5.69 Å². The van der Waals surface area contributed by atoms with E-state index in [0.29, 0.717) is 17.8 Å². The summed E-state index contributed by atoms with van der Waals surface area (Å²) in [5.41, 5.74) is 2.95. The number of rotatable bonds is 3. The highest BCUT2D eigenvalue weighted by Crippen LogP contribution is 2.47. The van der Waals surface area contributed by atoms with Crippen molar-refractivity contribution in [1.82, 2.24) is 4.90 Å². The average molecular weight is 364 g/mol. The van der Waals surface area contributed by atoms with Gasteiger partial charge in [0.25, 0.3) is 0 Å². The maximum Gasteiger partial charge on any atom is 0.229 e. The fourth-order valence-corrected chi connectivity index (χ4v) is 5.50. The standard InChI is InChI=1S/C17H21N3O2S2/c1-11-16(12-7-9-13(10-8-12)19-24(2,21)22)20-15-6-4-3-5-14(15)18-17(20)23-11/h7-10,14-15,19H,3-6H2,1-2H3/t14-,15+/m0/s1. The van der Waals surface area contributed by atoms with Gasteiger partial charge in [0.1, 0.15) is 0 Å². The molecule has 2 aliphatic heterocycles. The maximum absolute atomic E-state index is 11.4. The first-order valence-corrected chi connectivity index (χ1v) is 11.0. The molecule has 1 aromatic carbocycles. The molecular formula is C17H21N3O2S2. The molecular weight excluding hydrogens is 342 g/mol. The van der Waals surface area contributed by atoms with E-state index in [2.05, 4.69) is 16.5 Å². The van der Waals surface area contributed by atoms with Crippen molar-refractivity contribution < 1.29 is 8.42 Å². The summed E-state index contributed by atoms with van der Waals surface area (Å²) in [4.78, 5) is 8.62. The molecule has 0 spiro atoms. The molecule has 0 bridgehead atoms. The van der Waals surface area contributed by atoms with Crippen molar-refractivity contribution in [2.75, 3.05) is 11.0 Å². The highest BCUT2D eigenvalue weighted by Gasteiger charge is 2.43. The molecule has 4 rings (SSSR count). The molecule has 1 aliphatic carbocycles. The molecule has 0 amide bonds. The van der Waals surface area contributed by atoms with Crippen LogP contribution < -0.4 is 4.72 Å². The van der Waals surface area contributed by atoms with Gasteiger partial charge in [-0.15, -0.1) is 0 Å². The quantitative estimate of drug-likeness (QED) is 0.893. The van der Waals surface area contributed by atoms with Crippen molar-refractivity contribution in [2.45, 2.75) is 44.7 Å². The van der Waals surface area contributed by atoms with E-state index >= 15 is 0 Å². The first-order valence-electron chi connectivity index (χ1n) is 8.26. The number of hydrogen-bond donors (Lipinski definition) is 1. The van der Waals surface area contributed by atoms with Crippen LogP contribution in [0.25, 0.3) is 5.70 Å². The number of sulfonamides is 1. The summed E-state index contributed by atoms with van der Waals surface area (Å²) in [5.74, 6) is 0. The number of benzene rings is 1. The third-order valence-corrected chi connectivity index (χ3v) is 6.38.